The topological polar surface area (TPSA) is 247 Å². The Morgan fingerprint density at radius 1 is 0.477 bits per heavy atom. The van der Waals surface area contributed by atoms with Gasteiger partial charge in [-0.2, -0.15) is 0 Å². The normalized spacial score (nSPS) is 11.0. The molecule has 0 aliphatic heterocycles. The van der Waals surface area contributed by atoms with Crippen molar-refractivity contribution in [2.45, 2.75) is 104 Å². The smallest absolute Gasteiger partial charge is 0.260 e. The van der Waals surface area contributed by atoms with Crippen LogP contribution in [0.1, 0.15) is 118 Å². The van der Waals surface area contributed by atoms with E-state index in [1.807, 2.05) is 129 Å². The average Bonchev–Trinajstić information content (AvgIpc) is 1.88. The van der Waals surface area contributed by atoms with E-state index < -0.39 is 0 Å². The minimum atomic E-state index is -0.356. The molecule has 0 aliphatic carbocycles. The number of thioether (sulfide) groups is 6. The van der Waals surface area contributed by atoms with Gasteiger partial charge in [0.25, 0.3) is 5.22 Å². The van der Waals surface area contributed by atoms with E-state index in [2.05, 4.69) is 52.2 Å². The molecule has 0 saturated carbocycles. The number of H-pyrrole nitrogens is 2. The van der Waals surface area contributed by atoms with Gasteiger partial charge in [-0.3, -0.25) is 33.9 Å². The van der Waals surface area contributed by atoms with Crippen molar-refractivity contribution in [1.29, 1.82) is 0 Å². The Bertz CT molecular complexity index is 4850. The van der Waals surface area contributed by atoms with Crippen LogP contribution in [0.15, 0.2) is 298 Å². The second kappa shape index (κ2) is 48.0. The molecule has 0 spiro atoms. The van der Waals surface area contributed by atoms with E-state index in [0.29, 0.717) is 43.8 Å². The molecule has 18 nitrogen and oxygen atoms in total. The number of nitrogens with one attached hydrogen (secondary N) is 2. The SMILES string of the molecule is CCCc1nc(S/C=C/C(=O)c2ccc(C)cc2)n[nH]1.CCn1ccnc1S/C=C/C(=O)c1ccc(F)cc1.CCn1cnnc1S/C=C/C(=O)c1ccc(F)cc1.Cc1ccc(C(=O)/C=C/Sc2nc(C)c(C)o2)cc1.O=C(/C=C/Sc1ccc[nH]1)c1ccc(F)cc1.O=C(/C=C/Sc1nccs1)c1ccc(F)cc1. The number of aromatic amines is 2. The maximum atomic E-state index is 12.7. The van der Waals surface area contributed by atoms with Gasteiger partial charge in [0, 0.05) is 83.1 Å². The lowest BCUT2D eigenvalue weighted by Crippen LogP contribution is -1.95. The van der Waals surface area contributed by atoms with Crippen LogP contribution in [0.25, 0.3) is 0 Å². The van der Waals surface area contributed by atoms with Gasteiger partial charge >= 0.3 is 0 Å². The van der Waals surface area contributed by atoms with Crippen molar-refractivity contribution >= 4 is 117 Å². The van der Waals surface area contributed by atoms with Crippen molar-refractivity contribution in [1.82, 2.24) is 54.4 Å². The number of thiazole rings is 1. The lowest BCUT2D eigenvalue weighted by Gasteiger charge is -2.00. The van der Waals surface area contributed by atoms with Gasteiger partial charge in [0.2, 0.25) is 5.16 Å². The number of carbonyl (C=O) groups excluding carboxylic acids is 6. The average molecular weight is 1630 g/mol. The summed E-state index contributed by atoms with van der Waals surface area (Å²) in [5.74, 6) is -0.335. The zero-order valence-corrected chi connectivity index (χ0v) is 66.7. The van der Waals surface area contributed by atoms with E-state index in [4.69, 9.17) is 4.42 Å². The van der Waals surface area contributed by atoms with Crippen LogP contribution >= 0.6 is 81.9 Å². The highest BCUT2D eigenvalue weighted by atomic mass is 32.2. The largest absolute Gasteiger partial charge is 0.436 e. The number of hydrogen-bond donors (Lipinski definition) is 2. The maximum Gasteiger partial charge on any atom is 0.260 e. The molecule has 570 valence electrons. The van der Waals surface area contributed by atoms with Crippen LogP contribution in [0.2, 0.25) is 0 Å². The Labute approximate surface area is 669 Å². The molecule has 0 saturated heterocycles. The summed E-state index contributed by atoms with van der Waals surface area (Å²) in [6.45, 7) is 15.5. The molecule has 12 aromatic rings. The van der Waals surface area contributed by atoms with Gasteiger partial charge in [-0.05, 0) is 238 Å². The maximum absolute atomic E-state index is 12.7. The van der Waals surface area contributed by atoms with E-state index in [1.54, 1.807) is 57.2 Å². The van der Waals surface area contributed by atoms with Crippen LogP contribution in [0.5, 0.6) is 0 Å². The number of aryl methyl sites for hydroxylation is 7. The van der Waals surface area contributed by atoms with Crippen LogP contribution in [0.4, 0.5) is 17.6 Å². The van der Waals surface area contributed by atoms with Crippen molar-refractivity contribution in [3.8, 4) is 0 Å². The van der Waals surface area contributed by atoms with Gasteiger partial charge in [0.05, 0.1) is 10.7 Å². The first-order valence-corrected chi connectivity index (χ1v) is 40.0. The van der Waals surface area contributed by atoms with Crippen molar-refractivity contribution in [3.05, 3.63) is 348 Å². The molecular weight excluding hydrogens is 1550 g/mol. The number of ketones is 6. The first-order valence-electron chi connectivity index (χ1n) is 33.8. The Balaban J connectivity index is 0.000000185. The highest BCUT2D eigenvalue weighted by Crippen LogP contribution is 2.25. The number of aromatic nitrogens is 11. The Morgan fingerprint density at radius 2 is 0.901 bits per heavy atom. The molecule has 0 unspecified atom stereocenters. The van der Waals surface area contributed by atoms with Crippen LogP contribution < -0.4 is 0 Å². The molecule has 0 bridgehead atoms. The highest BCUT2D eigenvalue weighted by molar-refractivity contribution is 8.04. The lowest BCUT2D eigenvalue weighted by atomic mass is 10.1. The third-order valence-corrected chi connectivity index (χ3v) is 19.9. The number of rotatable bonds is 28. The number of benzene rings is 6. The van der Waals surface area contributed by atoms with Gasteiger partial charge < -0.3 is 18.5 Å². The first-order chi connectivity index (χ1) is 53.7. The molecular formula is C82H75F4N11O7S7. The number of hydrogen-bond acceptors (Lipinski definition) is 21. The highest BCUT2D eigenvalue weighted by Gasteiger charge is 2.10. The standard InChI is InChI=1S/C15H17N3OS.C15H15NO2S.C14H13FN2OS.C13H12FN3OS.C13H10FNOS.C12H8FNOS2/c1-3-4-14-16-15(18-17-14)20-10-9-13(19)12-7-5-11(2)6-8-12;1-10-4-6-13(7-5-10)14(17)8-9-19-15-16-11(2)12(3)18-15;1-2-17-9-8-16-14(17)19-10-7-13(18)11-3-5-12(15)6-4-11;1-2-17-9-15-16-13(17)19-8-7-12(18)10-3-5-11(14)6-4-10;14-11-5-3-10(4-6-11)12(16)7-9-17-13-2-1-8-15-13;13-10-3-1-9(2-4-10)11(15)5-7-16-12-14-6-8-17-12/h5-10H,3-4H2,1-2H3,(H,16,17,18);4-9H,1-3H3;3-10H,2H2,1H3;3-9H,2H2,1H3;1-9,15H;1-8H/b10-9+;9-8+;10-7+;8-7+;9-7+;7-5+. The van der Waals surface area contributed by atoms with Gasteiger partial charge in [0.15, 0.2) is 49.4 Å². The van der Waals surface area contributed by atoms with Crippen LogP contribution in [0, 0.1) is 51.0 Å². The summed E-state index contributed by atoms with van der Waals surface area (Å²) in [5, 5.41) is 30.5. The van der Waals surface area contributed by atoms with Crippen LogP contribution in [-0.2, 0) is 19.5 Å². The number of oxazole rings is 1. The monoisotopic (exact) mass is 1630 g/mol. The molecule has 111 heavy (non-hydrogen) atoms. The molecule has 0 aliphatic rings. The zero-order valence-electron chi connectivity index (χ0n) is 61.0. The summed E-state index contributed by atoms with van der Waals surface area (Å²) >= 11 is 9.66. The summed E-state index contributed by atoms with van der Waals surface area (Å²) < 4.78 is 60.9. The predicted molar refractivity (Wildman–Crippen MR) is 437 cm³/mol. The van der Waals surface area contributed by atoms with E-state index in [-0.39, 0.29) is 58.0 Å². The summed E-state index contributed by atoms with van der Waals surface area (Å²) in [4.78, 5) is 90.4. The molecule has 0 amide bonds. The van der Waals surface area contributed by atoms with E-state index in [9.17, 15) is 46.3 Å². The number of halogens is 4. The second-order valence-electron chi connectivity index (χ2n) is 22.6. The third-order valence-electron chi connectivity index (χ3n) is 14.5. The first kappa shape index (κ1) is 87.4. The Morgan fingerprint density at radius 3 is 1.31 bits per heavy atom. The minimum Gasteiger partial charge on any atom is -0.436 e. The number of nitrogens with zero attached hydrogens (tertiary/aromatic N) is 9. The molecule has 2 N–H and O–H groups in total. The van der Waals surface area contributed by atoms with E-state index in [1.165, 1.54) is 209 Å². The lowest BCUT2D eigenvalue weighted by molar-refractivity contribution is 0.103. The second-order valence-corrected chi connectivity index (χ2v) is 29.1. The molecule has 29 heteroatoms. The molecule has 12 rings (SSSR count). The molecule has 0 fully saturated rings. The van der Waals surface area contributed by atoms with E-state index >= 15 is 0 Å². The summed E-state index contributed by atoms with van der Waals surface area (Å²) in [7, 11) is 0. The molecule has 0 atom stereocenters. The molecule has 6 aromatic carbocycles. The van der Waals surface area contributed by atoms with Gasteiger partial charge in [0.1, 0.15) is 41.2 Å². The molecule has 6 heterocycles. The third kappa shape index (κ3) is 32.0. The van der Waals surface area contributed by atoms with Crippen LogP contribution in [0.3, 0.4) is 0 Å². The fourth-order valence-corrected chi connectivity index (χ4v) is 13.2. The van der Waals surface area contributed by atoms with Crippen molar-refractivity contribution in [2.75, 3.05) is 0 Å². The number of imidazole rings is 1. The van der Waals surface area contributed by atoms with Gasteiger partial charge in [-0.15, -0.1) is 26.6 Å². The van der Waals surface area contributed by atoms with Gasteiger partial charge in [-0.25, -0.2) is 37.5 Å². The van der Waals surface area contributed by atoms with Crippen molar-refractivity contribution in [3.63, 3.8) is 0 Å². The zero-order chi connectivity index (χ0) is 79.7. The number of allylic oxidation sites excluding steroid dienone is 6. The Kier molecular flexibility index (Phi) is 37.8. The summed E-state index contributed by atoms with van der Waals surface area (Å²) in [5.41, 5.74) is 6.41. The number of carbonyl (C=O) groups is 6. The summed E-state index contributed by atoms with van der Waals surface area (Å²) in [6, 6.07) is 40.8. The van der Waals surface area contributed by atoms with Crippen molar-refractivity contribution < 1.29 is 50.7 Å². The quantitative estimate of drug-likeness (QED) is 0.0200. The van der Waals surface area contributed by atoms with Crippen molar-refractivity contribution in [2.24, 2.45) is 0 Å². The molecule has 6 aromatic heterocycles. The fraction of sp³-hybridized carbons (Fsp3) is 0.134. The summed E-state index contributed by atoms with van der Waals surface area (Å²) in [6.07, 6.45) is 19.6. The van der Waals surface area contributed by atoms with Gasteiger partial charge in [-0.1, -0.05) is 125 Å². The van der Waals surface area contributed by atoms with E-state index in [0.717, 1.165) is 74.0 Å². The predicted octanol–water partition coefficient (Wildman–Crippen LogP) is 21.5. The fourth-order valence-electron chi connectivity index (χ4n) is 8.45. The minimum absolute atomic E-state index is 0.0122. The Hall–Kier alpha value is -10.8. The van der Waals surface area contributed by atoms with Crippen LogP contribution in [-0.4, -0.2) is 89.1 Å². The molecule has 0 radical (unpaired) electrons.